The Balaban J connectivity index is 1.44. The highest BCUT2D eigenvalue weighted by atomic mass is 32.2. The van der Waals surface area contributed by atoms with Crippen molar-refractivity contribution < 1.29 is 23.5 Å². The molecule has 0 bridgehead atoms. The van der Waals surface area contributed by atoms with E-state index in [-0.39, 0.29) is 5.12 Å². The Labute approximate surface area is 194 Å². The van der Waals surface area contributed by atoms with Crippen molar-refractivity contribution in [3.63, 3.8) is 0 Å². The van der Waals surface area contributed by atoms with Crippen LogP contribution in [0.3, 0.4) is 0 Å². The third-order valence-corrected chi connectivity index (χ3v) is 5.67. The summed E-state index contributed by atoms with van der Waals surface area (Å²) in [5.41, 5.74) is 3.94. The number of methoxy groups -OCH3 is 2. The van der Waals surface area contributed by atoms with Gasteiger partial charge in [-0.05, 0) is 55.0 Å². The van der Waals surface area contributed by atoms with Crippen molar-refractivity contribution in [3.8, 4) is 23.0 Å². The number of urea groups is 1. The van der Waals surface area contributed by atoms with Crippen molar-refractivity contribution in [1.82, 2.24) is 9.71 Å². The number of oxazole rings is 1. The Morgan fingerprint density at radius 1 is 0.970 bits per heavy atom. The van der Waals surface area contributed by atoms with Crippen LogP contribution < -0.4 is 19.5 Å². The largest absolute Gasteiger partial charge is 0.493 e. The summed E-state index contributed by atoms with van der Waals surface area (Å²) >= 11 is 0.671. The van der Waals surface area contributed by atoms with Gasteiger partial charge in [0, 0.05) is 28.8 Å². The van der Waals surface area contributed by atoms with Crippen molar-refractivity contribution in [1.29, 1.82) is 0 Å². The molecule has 2 amide bonds. The molecule has 0 aliphatic carbocycles. The number of hydrogen-bond donors (Lipinski definition) is 2. The first-order valence-corrected chi connectivity index (χ1v) is 10.8. The summed E-state index contributed by atoms with van der Waals surface area (Å²) < 4.78 is 18.7. The van der Waals surface area contributed by atoms with Gasteiger partial charge in [0.1, 0.15) is 5.52 Å². The molecule has 4 rings (SSSR count). The molecule has 0 saturated heterocycles. The molecular weight excluding hydrogens is 442 g/mol. The number of hydrogen-bond acceptors (Lipinski definition) is 7. The summed E-state index contributed by atoms with van der Waals surface area (Å²) in [5, 5.41) is 2.42. The molecule has 4 aromatic rings. The summed E-state index contributed by atoms with van der Waals surface area (Å²) in [6.07, 6.45) is 0. The average Bonchev–Trinajstić information content (AvgIpc) is 3.27. The van der Waals surface area contributed by atoms with Crippen molar-refractivity contribution in [2.24, 2.45) is 0 Å². The van der Waals surface area contributed by atoms with Gasteiger partial charge in [-0.2, -0.15) is 0 Å². The van der Waals surface area contributed by atoms with Crippen molar-refractivity contribution in [2.45, 2.75) is 6.92 Å². The maximum Gasteiger partial charge on any atom is 0.329 e. The summed E-state index contributed by atoms with van der Waals surface area (Å²) in [5.74, 6) is 1.41. The lowest BCUT2D eigenvalue weighted by Crippen LogP contribution is -2.24. The second-order valence-corrected chi connectivity index (χ2v) is 7.76. The van der Waals surface area contributed by atoms with Gasteiger partial charge in [-0.1, -0.05) is 18.2 Å². The van der Waals surface area contributed by atoms with E-state index in [9.17, 15) is 9.59 Å². The van der Waals surface area contributed by atoms with E-state index in [1.54, 1.807) is 30.3 Å². The zero-order chi connectivity index (χ0) is 23.4. The molecule has 8 nitrogen and oxygen atoms in total. The molecule has 0 saturated carbocycles. The lowest BCUT2D eigenvalue weighted by atomic mass is 10.1. The smallest absolute Gasteiger partial charge is 0.329 e. The van der Waals surface area contributed by atoms with Gasteiger partial charge in [-0.25, -0.2) is 9.78 Å². The third kappa shape index (κ3) is 4.78. The first kappa shape index (κ1) is 22.2. The number of ether oxygens (including phenoxy) is 2. The van der Waals surface area contributed by atoms with Gasteiger partial charge in [0.25, 0.3) is 0 Å². The van der Waals surface area contributed by atoms with Gasteiger partial charge in [-0.15, -0.1) is 0 Å². The molecule has 9 heteroatoms. The van der Waals surface area contributed by atoms with Crippen molar-refractivity contribution in [2.75, 3.05) is 19.5 Å². The molecule has 0 fully saturated rings. The first-order valence-electron chi connectivity index (χ1n) is 9.96. The Morgan fingerprint density at radius 2 is 1.76 bits per heavy atom. The molecule has 1 aromatic heterocycles. The molecule has 0 radical (unpaired) electrons. The van der Waals surface area contributed by atoms with Gasteiger partial charge in [-0.3, -0.25) is 9.52 Å². The van der Waals surface area contributed by atoms with Crippen LogP contribution in [0.2, 0.25) is 0 Å². The molecule has 1 heterocycles. The van der Waals surface area contributed by atoms with E-state index in [2.05, 4.69) is 15.0 Å². The van der Waals surface area contributed by atoms with E-state index in [4.69, 9.17) is 13.9 Å². The zero-order valence-corrected chi connectivity index (χ0v) is 19.0. The third-order valence-electron chi connectivity index (χ3n) is 4.96. The summed E-state index contributed by atoms with van der Waals surface area (Å²) in [6.45, 7) is 1.86. The minimum atomic E-state index is -0.536. The van der Waals surface area contributed by atoms with Crippen LogP contribution in [0.4, 0.5) is 10.5 Å². The molecule has 0 unspecified atom stereocenters. The highest BCUT2D eigenvalue weighted by Crippen LogP contribution is 2.31. The molecule has 168 valence electrons. The van der Waals surface area contributed by atoms with Crippen LogP contribution >= 0.6 is 11.9 Å². The van der Waals surface area contributed by atoms with E-state index >= 15 is 0 Å². The predicted molar refractivity (Wildman–Crippen MR) is 128 cm³/mol. The Kier molecular flexibility index (Phi) is 6.50. The van der Waals surface area contributed by atoms with E-state index in [1.807, 2.05) is 37.3 Å². The summed E-state index contributed by atoms with van der Waals surface area (Å²) in [6, 6.07) is 17.2. The number of rotatable bonds is 5. The lowest BCUT2D eigenvalue weighted by Gasteiger charge is -2.12. The minimum absolute atomic E-state index is 0.344. The topological polar surface area (TPSA) is 103 Å². The van der Waals surface area contributed by atoms with Crippen LogP contribution in [0, 0.1) is 6.92 Å². The van der Waals surface area contributed by atoms with Crippen LogP contribution in [0.25, 0.3) is 22.6 Å². The molecule has 0 atom stereocenters. The van der Waals surface area contributed by atoms with E-state index in [0.29, 0.717) is 46.2 Å². The van der Waals surface area contributed by atoms with Gasteiger partial charge in [0.15, 0.2) is 17.1 Å². The molecule has 2 N–H and O–H groups in total. The first-order chi connectivity index (χ1) is 16.0. The second-order valence-electron chi connectivity index (χ2n) is 6.98. The van der Waals surface area contributed by atoms with Crippen molar-refractivity contribution >= 4 is 39.9 Å². The highest BCUT2D eigenvalue weighted by Gasteiger charge is 2.16. The predicted octanol–water partition coefficient (Wildman–Crippen LogP) is 5.43. The summed E-state index contributed by atoms with van der Waals surface area (Å²) in [4.78, 5) is 29.4. The number of benzene rings is 3. The zero-order valence-electron chi connectivity index (χ0n) is 18.2. The normalized spacial score (nSPS) is 10.6. The number of amides is 2. The molecular formula is C24H21N3O5S. The lowest BCUT2D eigenvalue weighted by molar-refractivity contribution is 0.108. The average molecular weight is 464 g/mol. The number of nitrogens with zero attached hydrogens (tertiary/aromatic N) is 1. The highest BCUT2D eigenvalue weighted by molar-refractivity contribution is 8.12. The number of nitrogens with one attached hydrogen (secondary N) is 2. The van der Waals surface area contributed by atoms with Crippen molar-refractivity contribution in [3.05, 3.63) is 71.8 Å². The molecule has 33 heavy (non-hydrogen) atoms. The van der Waals surface area contributed by atoms with E-state index in [0.717, 1.165) is 16.6 Å². The number of carbonyl (C=O) groups is 2. The fraction of sp³-hybridized carbons (Fsp3) is 0.125. The van der Waals surface area contributed by atoms with Crippen LogP contribution in [-0.2, 0) is 0 Å². The van der Waals surface area contributed by atoms with Crippen LogP contribution in [-0.4, -0.2) is 30.3 Å². The maximum atomic E-state index is 12.5. The van der Waals surface area contributed by atoms with Gasteiger partial charge in [0.2, 0.25) is 11.0 Å². The fourth-order valence-electron chi connectivity index (χ4n) is 3.25. The Morgan fingerprint density at radius 3 is 2.52 bits per heavy atom. The minimum Gasteiger partial charge on any atom is -0.493 e. The standard InChI is InChI=1S/C24H21N3O5S/c1-14-16(22-25-18-8-4-5-10-19(18)32-22)7-6-9-17(14)26-24(29)27-33-23(28)15-11-12-20(30-2)21(13-15)31-3/h4-13H,1-3H3,(H2,26,27,29). The van der Waals surface area contributed by atoms with Crippen LogP contribution in [0.5, 0.6) is 11.5 Å². The number of anilines is 1. The summed E-state index contributed by atoms with van der Waals surface area (Å²) in [7, 11) is 3.00. The maximum absolute atomic E-state index is 12.5. The second kappa shape index (κ2) is 9.66. The van der Waals surface area contributed by atoms with Gasteiger partial charge < -0.3 is 19.2 Å². The van der Waals surface area contributed by atoms with E-state index < -0.39 is 6.03 Å². The molecule has 0 aliphatic rings. The van der Waals surface area contributed by atoms with Crippen LogP contribution in [0.1, 0.15) is 15.9 Å². The number of fused-ring (bicyclic) bond motifs is 1. The van der Waals surface area contributed by atoms with Gasteiger partial charge in [0.05, 0.1) is 14.2 Å². The van der Waals surface area contributed by atoms with Gasteiger partial charge >= 0.3 is 6.03 Å². The molecule has 3 aromatic carbocycles. The number of aromatic nitrogens is 1. The number of para-hydroxylation sites is 2. The monoisotopic (exact) mass is 463 g/mol. The Bertz CT molecular complexity index is 1300. The number of carbonyl (C=O) groups excluding carboxylic acids is 2. The molecule has 0 aliphatic heterocycles. The SMILES string of the molecule is COc1ccc(C(=O)SNC(=O)Nc2cccc(-c3nc4ccccc4o3)c2C)cc1OC. The Hall–Kier alpha value is -3.98. The quantitative estimate of drug-likeness (QED) is 0.380. The molecule has 0 spiro atoms. The fourth-order valence-corrected chi connectivity index (χ4v) is 3.73. The van der Waals surface area contributed by atoms with E-state index in [1.165, 1.54) is 14.2 Å². The van der Waals surface area contributed by atoms with Crippen LogP contribution in [0.15, 0.2) is 65.1 Å².